The van der Waals surface area contributed by atoms with Gasteiger partial charge in [0.25, 0.3) is 0 Å². The number of benzene rings is 1. The minimum Gasteiger partial charge on any atom is -0.493 e. The summed E-state index contributed by atoms with van der Waals surface area (Å²) < 4.78 is 10.8. The third-order valence-corrected chi connectivity index (χ3v) is 6.99. The molecule has 6 nitrogen and oxygen atoms in total. The molecule has 0 radical (unpaired) electrons. The molecule has 1 saturated heterocycles. The van der Waals surface area contributed by atoms with E-state index in [0.717, 1.165) is 62.5 Å². The van der Waals surface area contributed by atoms with Gasteiger partial charge in [-0.25, -0.2) is 0 Å². The van der Waals surface area contributed by atoms with E-state index < -0.39 is 0 Å². The van der Waals surface area contributed by atoms with Crippen LogP contribution in [0.15, 0.2) is 42.6 Å². The summed E-state index contributed by atoms with van der Waals surface area (Å²) in [5.41, 5.74) is 2.20. The van der Waals surface area contributed by atoms with E-state index in [0.29, 0.717) is 5.92 Å². The molecule has 6 heteroatoms. The van der Waals surface area contributed by atoms with Crippen molar-refractivity contribution >= 4 is 5.91 Å². The molecule has 2 fully saturated rings. The fourth-order valence-electron chi connectivity index (χ4n) is 5.13. The van der Waals surface area contributed by atoms with E-state index in [2.05, 4.69) is 33.4 Å². The van der Waals surface area contributed by atoms with Gasteiger partial charge in [-0.2, -0.15) is 0 Å². The third-order valence-electron chi connectivity index (χ3n) is 6.99. The van der Waals surface area contributed by atoms with E-state index in [4.69, 9.17) is 9.47 Å². The van der Waals surface area contributed by atoms with Gasteiger partial charge in [-0.1, -0.05) is 25.0 Å². The second-order valence-corrected chi connectivity index (χ2v) is 9.03. The number of nitrogens with zero attached hydrogens (tertiary/aromatic N) is 2. The van der Waals surface area contributed by atoms with Crippen LogP contribution in [0.1, 0.15) is 55.8 Å². The largest absolute Gasteiger partial charge is 0.493 e. The van der Waals surface area contributed by atoms with Crippen molar-refractivity contribution in [3.05, 3.63) is 53.9 Å². The molecule has 1 N–H and O–H groups in total. The van der Waals surface area contributed by atoms with Crippen molar-refractivity contribution in [3.8, 4) is 11.5 Å². The number of amides is 1. The zero-order chi connectivity index (χ0) is 22.3. The number of ether oxygens (including phenoxy) is 2. The second kappa shape index (κ2) is 10.8. The lowest BCUT2D eigenvalue weighted by atomic mass is 9.86. The van der Waals surface area contributed by atoms with E-state index in [1.165, 1.54) is 18.4 Å². The molecular formula is C26H35N3O3. The maximum Gasteiger partial charge on any atom is 0.223 e. The number of aromatic nitrogens is 1. The molecule has 1 atom stereocenters. The molecule has 172 valence electrons. The number of likely N-dealkylation sites (tertiary alicyclic amines) is 1. The first-order chi connectivity index (χ1) is 15.7. The summed E-state index contributed by atoms with van der Waals surface area (Å²) in [6.45, 7) is 2.89. The number of nitrogens with one attached hydrogen (secondary N) is 1. The van der Waals surface area contributed by atoms with Gasteiger partial charge in [0.1, 0.15) is 0 Å². The Balaban J connectivity index is 1.39. The molecule has 1 unspecified atom stereocenters. The van der Waals surface area contributed by atoms with Crippen LogP contribution in [-0.4, -0.2) is 43.1 Å². The molecule has 32 heavy (non-hydrogen) atoms. The molecule has 1 aromatic heterocycles. The first-order valence-electron chi connectivity index (χ1n) is 11.8. The Morgan fingerprint density at radius 3 is 2.47 bits per heavy atom. The first-order valence-corrected chi connectivity index (χ1v) is 11.8. The van der Waals surface area contributed by atoms with Crippen molar-refractivity contribution in [1.82, 2.24) is 15.2 Å². The minimum atomic E-state index is -0.00692. The normalized spacial score (nSPS) is 18.9. The van der Waals surface area contributed by atoms with Gasteiger partial charge in [-0.05, 0) is 74.5 Å². The van der Waals surface area contributed by atoms with Gasteiger partial charge in [0.15, 0.2) is 11.5 Å². The van der Waals surface area contributed by atoms with Crippen LogP contribution in [0.25, 0.3) is 0 Å². The van der Waals surface area contributed by atoms with Crippen LogP contribution >= 0.6 is 0 Å². The smallest absolute Gasteiger partial charge is 0.223 e. The average Bonchev–Trinajstić information content (AvgIpc) is 3.39. The zero-order valence-corrected chi connectivity index (χ0v) is 19.3. The average molecular weight is 438 g/mol. The van der Waals surface area contributed by atoms with Gasteiger partial charge in [0, 0.05) is 18.7 Å². The summed E-state index contributed by atoms with van der Waals surface area (Å²) in [5, 5.41) is 3.39. The predicted molar refractivity (Wildman–Crippen MR) is 125 cm³/mol. The van der Waals surface area contributed by atoms with Crippen LogP contribution in [0.3, 0.4) is 0 Å². The third kappa shape index (κ3) is 5.41. The fraction of sp³-hybridized carbons (Fsp3) is 0.538. The number of methoxy groups -OCH3 is 2. The Labute approximate surface area is 191 Å². The Morgan fingerprint density at radius 1 is 1.06 bits per heavy atom. The molecule has 1 amide bonds. The molecule has 1 aromatic carbocycles. The summed E-state index contributed by atoms with van der Waals surface area (Å²) in [6, 6.07) is 12.1. The first kappa shape index (κ1) is 22.6. The molecular weight excluding hydrogens is 402 g/mol. The summed E-state index contributed by atoms with van der Waals surface area (Å²) in [5.74, 6) is 2.31. The lowest BCUT2D eigenvalue weighted by molar-refractivity contribution is -0.126. The predicted octanol–water partition coefficient (Wildman–Crippen LogP) is 4.36. The highest BCUT2D eigenvalue weighted by atomic mass is 16.5. The second-order valence-electron chi connectivity index (χ2n) is 9.03. The number of hydrogen-bond donors (Lipinski definition) is 1. The van der Waals surface area contributed by atoms with Crippen LogP contribution in [0.4, 0.5) is 0 Å². The Hall–Kier alpha value is -2.60. The van der Waals surface area contributed by atoms with Crippen molar-refractivity contribution in [2.24, 2.45) is 11.8 Å². The molecule has 4 rings (SSSR count). The standard InChI is InChI=1S/C26H35N3O3/c1-31-23-11-10-19(17-24(23)32-2)18-29-15-12-20(13-16-29)25(22-9-5-6-14-27-22)28-26(30)21-7-3-4-8-21/h5-6,9-11,14,17,20-21,25H,3-4,7-8,12-13,15-16,18H2,1-2H3,(H,28,30). The quantitative estimate of drug-likeness (QED) is 0.665. The molecule has 1 aliphatic carbocycles. The lowest BCUT2D eigenvalue weighted by Gasteiger charge is -2.36. The van der Waals surface area contributed by atoms with Gasteiger partial charge < -0.3 is 14.8 Å². The van der Waals surface area contributed by atoms with Crippen molar-refractivity contribution < 1.29 is 14.3 Å². The maximum absolute atomic E-state index is 12.9. The molecule has 0 bridgehead atoms. The molecule has 2 heterocycles. The van der Waals surface area contributed by atoms with Crippen LogP contribution < -0.4 is 14.8 Å². The molecule has 2 aliphatic rings. The van der Waals surface area contributed by atoms with Crippen LogP contribution in [0, 0.1) is 11.8 Å². The Kier molecular flexibility index (Phi) is 7.63. The highest BCUT2D eigenvalue weighted by Gasteiger charge is 2.32. The van der Waals surface area contributed by atoms with Crippen LogP contribution in [-0.2, 0) is 11.3 Å². The van der Waals surface area contributed by atoms with Crippen LogP contribution in [0.5, 0.6) is 11.5 Å². The molecule has 2 aromatic rings. The van der Waals surface area contributed by atoms with Gasteiger partial charge >= 0.3 is 0 Å². The van der Waals surface area contributed by atoms with Gasteiger partial charge in [-0.15, -0.1) is 0 Å². The number of rotatable bonds is 8. The highest BCUT2D eigenvalue weighted by Crippen LogP contribution is 2.33. The number of pyridine rings is 1. The summed E-state index contributed by atoms with van der Waals surface area (Å²) in [6.07, 6.45) is 8.28. The van der Waals surface area contributed by atoms with Crippen LogP contribution in [0.2, 0.25) is 0 Å². The minimum absolute atomic E-state index is 0.00692. The van der Waals surface area contributed by atoms with Crippen molar-refractivity contribution in [1.29, 1.82) is 0 Å². The van der Waals surface area contributed by atoms with E-state index in [1.807, 2.05) is 24.4 Å². The Morgan fingerprint density at radius 2 is 1.81 bits per heavy atom. The summed E-state index contributed by atoms with van der Waals surface area (Å²) >= 11 is 0. The zero-order valence-electron chi connectivity index (χ0n) is 19.3. The molecule has 0 spiro atoms. The number of carbonyl (C=O) groups excluding carboxylic acids is 1. The maximum atomic E-state index is 12.9. The van der Waals surface area contributed by atoms with Crippen molar-refractivity contribution in [2.45, 2.75) is 51.1 Å². The Bertz CT molecular complexity index is 875. The van der Waals surface area contributed by atoms with Crippen molar-refractivity contribution in [2.75, 3.05) is 27.3 Å². The summed E-state index contributed by atoms with van der Waals surface area (Å²) in [4.78, 5) is 20.0. The number of piperidine rings is 1. The molecule has 1 saturated carbocycles. The van der Waals surface area contributed by atoms with E-state index in [-0.39, 0.29) is 17.9 Å². The SMILES string of the molecule is COc1ccc(CN2CCC(C(NC(=O)C3CCCC3)c3ccccn3)CC2)cc1OC. The lowest BCUT2D eigenvalue weighted by Crippen LogP contribution is -2.42. The number of carbonyl (C=O) groups is 1. The summed E-state index contributed by atoms with van der Waals surface area (Å²) in [7, 11) is 3.33. The van der Waals surface area contributed by atoms with E-state index in [1.54, 1.807) is 14.2 Å². The number of hydrogen-bond acceptors (Lipinski definition) is 5. The highest BCUT2D eigenvalue weighted by molar-refractivity contribution is 5.79. The van der Waals surface area contributed by atoms with E-state index in [9.17, 15) is 4.79 Å². The van der Waals surface area contributed by atoms with Gasteiger partial charge in [-0.3, -0.25) is 14.7 Å². The monoisotopic (exact) mass is 437 g/mol. The van der Waals surface area contributed by atoms with Crippen molar-refractivity contribution in [3.63, 3.8) is 0 Å². The molecule has 1 aliphatic heterocycles. The fourth-order valence-corrected chi connectivity index (χ4v) is 5.13. The van der Waals surface area contributed by atoms with Gasteiger partial charge in [0.05, 0.1) is 26.0 Å². The van der Waals surface area contributed by atoms with E-state index >= 15 is 0 Å². The topological polar surface area (TPSA) is 63.7 Å². The van der Waals surface area contributed by atoms with Gasteiger partial charge in [0.2, 0.25) is 5.91 Å².